The average molecular weight is 366 g/mol. The van der Waals surface area contributed by atoms with Gasteiger partial charge in [0.05, 0.1) is 18.2 Å². The normalized spacial score (nSPS) is 33.5. The van der Waals surface area contributed by atoms with Crippen molar-refractivity contribution in [3.8, 4) is 0 Å². The lowest BCUT2D eigenvalue weighted by Gasteiger charge is -2.31. The highest BCUT2D eigenvalue weighted by molar-refractivity contribution is 5.81. The van der Waals surface area contributed by atoms with Crippen molar-refractivity contribution in [2.24, 2.45) is 17.3 Å². The maximum atomic E-state index is 12.4. The fourth-order valence-electron chi connectivity index (χ4n) is 4.86. The first-order chi connectivity index (χ1) is 12.2. The van der Waals surface area contributed by atoms with Gasteiger partial charge in [0, 0.05) is 42.9 Å². The molecule has 0 unspecified atom stereocenters. The quantitative estimate of drug-likeness (QED) is 0.718. The van der Waals surface area contributed by atoms with Crippen LogP contribution in [0.15, 0.2) is 0 Å². The summed E-state index contributed by atoms with van der Waals surface area (Å²) in [4.78, 5) is 26.8. The lowest BCUT2D eigenvalue weighted by Crippen LogP contribution is -2.44. The zero-order valence-corrected chi connectivity index (χ0v) is 16.9. The Labute approximate surface area is 157 Å². The number of likely N-dealkylation sites (tertiary alicyclic amines) is 1. The highest BCUT2D eigenvalue weighted by Gasteiger charge is 2.62. The molecule has 4 atom stereocenters. The SMILES string of the molecule is CCC(C)(C)C(=O)NC[C@H]1[C@H]2CN(CC(=O)NC(C)C)C[C@]23CC[C@H]1O3. The summed E-state index contributed by atoms with van der Waals surface area (Å²) in [6.45, 7) is 12.8. The Morgan fingerprint density at radius 1 is 1.35 bits per heavy atom. The third-order valence-electron chi connectivity index (χ3n) is 6.67. The van der Waals surface area contributed by atoms with E-state index in [0.29, 0.717) is 24.9 Å². The summed E-state index contributed by atoms with van der Waals surface area (Å²) in [6.07, 6.45) is 3.24. The fraction of sp³-hybridized carbons (Fsp3) is 0.900. The molecule has 3 saturated heterocycles. The molecule has 0 aliphatic carbocycles. The monoisotopic (exact) mass is 365 g/mol. The number of hydrogen-bond donors (Lipinski definition) is 2. The Morgan fingerprint density at radius 2 is 2.08 bits per heavy atom. The van der Waals surface area contributed by atoms with Gasteiger partial charge in [-0.25, -0.2) is 0 Å². The van der Waals surface area contributed by atoms with Crippen molar-refractivity contribution < 1.29 is 14.3 Å². The van der Waals surface area contributed by atoms with Gasteiger partial charge in [-0.05, 0) is 33.1 Å². The summed E-state index contributed by atoms with van der Waals surface area (Å²) < 4.78 is 6.41. The molecule has 1 spiro atoms. The summed E-state index contributed by atoms with van der Waals surface area (Å²) in [6, 6.07) is 0.166. The largest absolute Gasteiger partial charge is 0.370 e. The third kappa shape index (κ3) is 3.63. The number of fused-ring (bicyclic) bond motifs is 1. The van der Waals surface area contributed by atoms with E-state index in [1.807, 2.05) is 34.6 Å². The number of carbonyl (C=O) groups excluding carboxylic acids is 2. The molecule has 2 amide bonds. The van der Waals surface area contributed by atoms with Crippen molar-refractivity contribution in [1.29, 1.82) is 0 Å². The van der Waals surface area contributed by atoms with Crippen LogP contribution in [-0.2, 0) is 14.3 Å². The van der Waals surface area contributed by atoms with E-state index < -0.39 is 0 Å². The minimum absolute atomic E-state index is 0.0838. The summed E-state index contributed by atoms with van der Waals surface area (Å²) in [5.74, 6) is 0.986. The van der Waals surface area contributed by atoms with Crippen LogP contribution in [0.1, 0.15) is 53.9 Å². The molecular formula is C20H35N3O3. The second-order valence-electron chi connectivity index (χ2n) is 9.37. The zero-order valence-electron chi connectivity index (χ0n) is 16.9. The second kappa shape index (κ2) is 7.12. The number of hydrogen-bond acceptors (Lipinski definition) is 4. The van der Waals surface area contributed by atoms with E-state index in [1.165, 1.54) is 0 Å². The zero-order chi connectivity index (χ0) is 19.1. The second-order valence-corrected chi connectivity index (χ2v) is 9.37. The number of nitrogens with one attached hydrogen (secondary N) is 2. The molecule has 3 aliphatic heterocycles. The van der Waals surface area contributed by atoms with E-state index in [2.05, 4.69) is 15.5 Å². The molecule has 6 heteroatoms. The molecule has 3 fully saturated rings. The number of amides is 2. The van der Waals surface area contributed by atoms with Gasteiger partial charge in [0.1, 0.15) is 0 Å². The van der Waals surface area contributed by atoms with E-state index in [4.69, 9.17) is 4.74 Å². The van der Waals surface area contributed by atoms with Gasteiger partial charge in [-0.15, -0.1) is 0 Å². The highest BCUT2D eigenvalue weighted by atomic mass is 16.5. The Bertz CT molecular complexity index is 563. The van der Waals surface area contributed by atoms with Crippen molar-refractivity contribution in [3.05, 3.63) is 0 Å². The van der Waals surface area contributed by atoms with Gasteiger partial charge in [-0.2, -0.15) is 0 Å². The van der Waals surface area contributed by atoms with Gasteiger partial charge in [0.15, 0.2) is 0 Å². The van der Waals surface area contributed by atoms with Crippen LogP contribution in [0.3, 0.4) is 0 Å². The lowest BCUT2D eigenvalue weighted by atomic mass is 9.73. The number of rotatable bonds is 7. The molecular weight excluding hydrogens is 330 g/mol. The number of carbonyl (C=O) groups is 2. The molecule has 2 bridgehead atoms. The van der Waals surface area contributed by atoms with Gasteiger partial charge in [0.2, 0.25) is 11.8 Å². The van der Waals surface area contributed by atoms with Crippen molar-refractivity contribution in [2.75, 3.05) is 26.2 Å². The smallest absolute Gasteiger partial charge is 0.234 e. The average Bonchev–Trinajstić information content (AvgIpc) is 3.19. The molecule has 0 aromatic heterocycles. The summed E-state index contributed by atoms with van der Waals surface area (Å²) in [5, 5.41) is 6.15. The molecule has 0 aromatic rings. The van der Waals surface area contributed by atoms with Crippen LogP contribution >= 0.6 is 0 Å². The van der Waals surface area contributed by atoms with E-state index in [1.54, 1.807) is 0 Å². The van der Waals surface area contributed by atoms with Gasteiger partial charge in [-0.3, -0.25) is 14.5 Å². The number of nitrogens with zero attached hydrogens (tertiary/aromatic N) is 1. The maximum Gasteiger partial charge on any atom is 0.234 e. The molecule has 0 radical (unpaired) electrons. The molecule has 148 valence electrons. The Balaban J connectivity index is 1.59. The first-order valence-electron chi connectivity index (χ1n) is 10.1. The van der Waals surface area contributed by atoms with Crippen molar-refractivity contribution in [1.82, 2.24) is 15.5 Å². The van der Waals surface area contributed by atoms with Crippen LogP contribution < -0.4 is 10.6 Å². The van der Waals surface area contributed by atoms with Crippen LogP contribution in [0.5, 0.6) is 0 Å². The van der Waals surface area contributed by atoms with E-state index in [9.17, 15) is 9.59 Å². The Hall–Kier alpha value is -1.14. The molecule has 3 heterocycles. The van der Waals surface area contributed by atoms with Crippen molar-refractivity contribution >= 4 is 11.8 Å². The molecule has 0 aromatic carbocycles. The van der Waals surface area contributed by atoms with Crippen LogP contribution in [0.4, 0.5) is 0 Å². The molecule has 0 saturated carbocycles. The van der Waals surface area contributed by atoms with Gasteiger partial charge >= 0.3 is 0 Å². The first kappa shape index (κ1) is 19.6. The number of ether oxygens (including phenoxy) is 1. The molecule has 26 heavy (non-hydrogen) atoms. The standard InChI is InChI=1S/C20H35N3O3/c1-6-19(4,5)18(25)21-9-14-15-10-23(11-17(24)22-13(2)3)12-20(15)8-7-16(14)26-20/h13-16H,6-12H2,1-5H3,(H,21,25)(H,22,24)/t14-,15+,16+,20+/m0/s1. The minimum Gasteiger partial charge on any atom is -0.370 e. The van der Waals surface area contributed by atoms with Crippen molar-refractivity contribution in [3.63, 3.8) is 0 Å². The summed E-state index contributed by atoms with van der Waals surface area (Å²) in [5.41, 5.74) is -0.425. The predicted molar refractivity (Wildman–Crippen MR) is 101 cm³/mol. The third-order valence-corrected chi connectivity index (χ3v) is 6.67. The molecule has 3 aliphatic rings. The highest BCUT2D eigenvalue weighted by Crippen LogP contribution is 2.54. The molecule has 6 nitrogen and oxygen atoms in total. The Kier molecular flexibility index (Phi) is 5.37. The Morgan fingerprint density at radius 3 is 2.73 bits per heavy atom. The fourth-order valence-corrected chi connectivity index (χ4v) is 4.86. The van der Waals surface area contributed by atoms with E-state index >= 15 is 0 Å². The lowest BCUT2D eigenvalue weighted by molar-refractivity contribution is -0.129. The first-order valence-corrected chi connectivity index (χ1v) is 10.1. The summed E-state index contributed by atoms with van der Waals surface area (Å²) in [7, 11) is 0. The summed E-state index contributed by atoms with van der Waals surface area (Å²) >= 11 is 0. The van der Waals surface area contributed by atoms with E-state index in [-0.39, 0.29) is 35.0 Å². The van der Waals surface area contributed by atoms with Crippen LogP contribution in [0, 0.1) is 17.3 Å². The predicted octanol–water partition coefficient (Wildman–Crippen LogP) is 1.54. The maximum absolute atomic E-state index is 12.4. The van der Waals surface area contributed by atoms with Crippen molar-refractivity contribution in [2.45, 2.75) is 71.6 Å². The van der Waals surface area contributed by atoms with Crippen LogP contribution in [-0.4, -0.2) is 60.6 Å². The minimum atomic E-state index is -0.327. The van der Waals surface area contributed by atoms with E-state index in [0.717, 1.165) is 32.4 Å². The van der Waals surface area contributed by atoms with Gasteiger partial charge < -0.3 is 15.4 Å². The van der Waals surface area contributed by atoms with Gasteiger partial charge in [0.25, 0.3) is 0 Å². The molecule has 3 rings (SSSR count). The van der Waals surface area contributed by atoms with Crippen LogP contribution in [0.25, 0.3) is 0 Å². The molecule has 2 N–H and O–H groups in total. The van der Waals surface area contributed by atoms with Gasteiger partial charge in [-0.1, -0.05) is 20.8 Å². The van der Waals surface area contributed by atoms with Crippen LogP contribution in [0.2, 0.25) is 0 Å². The topological polar surface area (TPSA) is 70.7 Å².